The van der Waals surface area contributed by atoms with Gasteiger partial charge in [-0.1, -0.05) is 0 Å². The molecule has 1 fully saturated rings. The number of hydrogen-bond acceptors (Lipinski definition) is 5. The number of hydrogen-bond donors (Lipinski definition) is 1. The molecule has 72 valence electrons. The standard InChI is InChI=1S/C8H13N3OS/c1-6-10-8(13-11-6)9-5-7-3-2-4-12-7/h7H,2-5H2,1H3,(H,9,10,11). The Morgan fingerprint density at radius 3 is 3.23 bits per heavy atom. The largest absolute Gasteiger partial charge is 0.376 e. The Labute approximate surface area is 81.5 Å². The molecule has 2 heterocycles. The third-order valence-corrected chi connectivity index (χ3v) is 2.80. The minimum absolute atomic E-state index is 0.365. The molecule has 1 aromatic heterocycles. The van der Waals surface area contributed by atoms with E-state index in [1.54, 1.807) is 0 Å². The molecule has 0 bridgehead atoms. The molecule has 0 aromatic carbocycles. The minimum atomic E-state index is 0.365. The molecule has 1 aromatic rings. The summed E-state index contributed by atoms with van der Waals surface area (Å²) in [5, 5.41) is 4.12. The van der Waals surface area contributed by atoms with Crippen LogP contribution in [0.2, 0.25) is 0 Å². The maximum Gasteiger partial charge on any atom is 0.202 e. The zero-order valence-electron chi connectivity index (χ0n) is 7.62. The molecule has 1 aliphatic heterocycles. The Hall–Kier alpha value is -0.680. The van der Waals surface area contributed by atoms with E-state index in [2.05, 4.69) is 14.7 Å². The van der Waals surface area contributed by atoms with Gasteiger partial charge >= 0.3 is 0 Å². The number of aryl methyl sites for hydroxylation is 1. The van der Waals surface area contributed by atoms with Crippen LogP contribution in [0.5, 0.6) is 0 Å². The van der Waals surface area contributed by atoms with Gasteiger partial charge in [0, 0.05) is 24.7 Å². The van der Waals surface area contributed by atoms with Crippen LogP contribution in [0, 0.1) is 6.92 Å². The van der Waals surface area contributed by atoms with Crippen molar-refractivity contribution in [3.63, 3.8) is 0 Å². The molecule has 13 heavy (non-hydrogen) atoms. The van der Waals surface area contributed by atoms with E-state index in [1.165, 1.54) is 18.0 Å². The summed E-state index contributed by atoms with van der Waals surface area (Å²) in [5.74, 6) is 0.833. The molecular weight excluding hydrogens is 186 g/mol. The van der Waals surface area contributed by atoms with Gasteiger partial charge in [0.25, 0.3) is 0 Å². The summed E-state index contributed by atoms with van der Waals surface area (Å²) in [6.45, 7) is 3.66. The summed E-state index contributed by atoms with van der Waals surface area (Å²) in [6, 6.07) is 0. The van der Waals surface area contributed by atoms with Crippen LogP contribution in [0.1, 0.15) is 18.7 Å². The number of nitrogens with zero attached hydrogens (tertiary/aromatic N) is 2. The summed E-state index contributed by atoms with van der Waals surface area (Å²) in [7, 11) is 0. The maximum absolute atomic E-state index is 5.48. The molecule has 0 radical (unpaired) electrons. The first-order chi connectivity index (χ1) is 6.34. The molecule has 1 saturated heterocycles. The van der Waals surface area contributed by atoms with E-state index >= 15 is 0 Å². The van der Waals surface area contributed by atoms with Crippen molar-refractivity contribution in [2.75, 3.05) is 18.5 Å². The summed E-state index contributed by atoms with van der Waals surface area (Å²) in [5.41, 5.74) is 0. The molecular formula is C8H13N3OS. The van der Waals surface area contributed by atoms with Gasteiger partial charge < -0.3 is 10.1 Å². The third-order valence-electron chi connectivity index (χ3n) is 2.03. The lowest BCUT2D eigenvalue weighted by molar-refractivity contribution is 0.120. The number of aromatic nitrogens is 2. The van der Waals surface area contributed by atoms with E-state index < -0.39 is 0 Å². The van der Waals surface area contributed by atoms with Crippen LogP contribution < -0.4 is 5.32 Å². The molecule has 0 aliphatic carbocycles. The highest BCUT2D eigenvalue weighted by atomic mass is 32.1. The van der Waals surface area contributed by atoms with Gasteiger partial charge in [-0.25, -0.2) is 4.98 Å². The molecule has 4 nitrogen and oxygen atoms in total. The third kappa shape index (κ3) is 2.38. The van der Waals surface area contributed by atoms with E-state index in [1.807, 2.05) is 6.92 Å². The topological polar surface area (TPSA) is 47.0 Å². The lowest BCUT2D eigenvalue weighted by atomic mass is 10.2. The molecule has 1 atom stereocenters. The highest BCUT2D eigenvalue weighted by molar-refractivity contribution is 7.09. The molecule has 0 saturated carbocycles. The molecule has 1 aliphatic rings. The lowest BCUT2D eigenvalue weighted by Gasteiger charge is -2.08. The fourth-order valence-corrected chi connectivity index (χ4v) is 1.96. The number of anilines is 1. The van der Waals surface area contributed by atoms with Gasteiger partial charge in [0.05, 0.1) is 6.10 Å². The molecule has 1 unspecified atom stereocenters. The number of nitrogens with one attached hydrogen (secondary N) is 1. The maximum atomic E-state index is 5.48. The first kappa shape index (κ1) is 8.90. The normalized spacial score (nSPS) is 22.1. The number of rotatable bonds is 3. The van der Waals surface area contributed by atoms with Crippen LogP contribution >= 0.6 is 11.5 Å². The van der Waals surface area contributed by atoms with Crippen molar-refractivity contribution in [2.24, 2.45) is 0 Å². The van der Waals surface area contributed by atoms with Gasteiger partial charge in [-0.15, -0.1) is 0 Å². The average Bonchev–Trinajstić information content (AvgIpc) is 2.71. The predicted molar refractivity (Wildman–Crippen MR) is 52.1 cm³/mol. The Morgan fingerprint density at radius 1 is 1.69 bits per heavy atom. The van der Waals surface area contributed by atoms with Crippen LogP contribution in [0.4, 0.5) is 5.13 Å². The molecule has 5 heteroatoms. The van der Waals surface area contributed by atoms with E-state index in [0.29, 0.717) is 6.10 Å². The quantitative estimate of drug-likeness (QED) is 0.800. The first-order valence-electron chi connectivity index (χ1n) is 4.50. The van der Waals surface area contributed by atoms with Crippen molar-refractivity contribution >= 4 is 16.7 Å². The second-order valence-corrected chi connectivity index (χ2v) is 3.91. The Kier molecular flexibility index (Phi) is 2.75. The van der Waals surface area contributed by atoms with Crippen molar-refractivity contribution < 1.29 is 4.74 Å². The first-order valence-corrected chi connectivity index (χ1v) is 5.28. The van der Waals surface area contributed by atoms with Gasteiger partial charge in [0.15, 0.2) is 0 Å². The van der Waals surface area contributed by atoms with Crippen molar-refractivity contribution in [1.29, 1.82) is 0 Å². The van der Waals surface area contributed by atoms with Crippen LogP contribution in [0.3, 0.4) is 0 Å². The number of ether oxygens (including phenoxy) is 1. The van der Waals surface area contributed by atoms with Gasteiger partial charge in [-0.2, -0.15) is 4.37 Å². The highest BCUT2D eigenvalue weighted by Crippen LogP contribution is 2.14. The van der Waals surface area contributed by atoms with E-state index in [-0.39, 0.29) is 0 Å². The van der Waals surface area contributed by atoms with Gasteiger partial charge in [-0.3, -0.25) is 0 Å². The fourth-order valence-electron chi connectivity index (χ4n) is 1.38. The van der Waals surface area contributed by atoms with Crippen LogP contribution in [0.25, 0.3) is 0 Å². The molecule has 1 N–H and O–H groups in total. The summed E-state index contributed by atoms with van der Waals surface area (Å²) in [6.07, 6.45) is 2.70. The van der Waals surface area contributed by atoms with E-state index in [4.69, 9.17) is 4.74 Å². The Bertz CT molecular complexity index is 270. The van der Waals surface area contributed by atoms with E-state index in [0.717, 1.165) is 30.5 Å². The van der Waals surface area contributed by atoms with Crippen LogP contribution in [-0.4, -0.2) is 28.6 Å². The molecule has 0 amide bonds. The summed E-state index contributed by atoms with van der Waals surface area (Å²) >= 11 is 1.41. The van der Waals surface area contributed by atoms with Gasteiger partial charge in [0.1, 0.15) is 5.82 Å². The lowest BCUT2D eigenvalue weighted by Crippen LogP contribution is -2.18. The molecule has 2 rings (SSSR count). The second-order valence-electron chi connectivity index (χ2n) is 3.16. The van der Waals surface area contributed by atoms with E-state index in [9.17, 15) is 0 Å². The zero-order valence-corrected chi connectivity index (χ0v) is 8.43. The van der Waals surface area contributed by atoms with Crippen molar-refractivity contribution in [3.05, 3.63) is 5.82 Å². The zero-order chi connectivity index (χ0) is 9.10. The van der Waals surface area contributed by atoms with Gasteiger partial charge in [-0.05, 0) is 19.8 Å². The summed E-state index contributed by atoms with van der Waals surface area (Å²) < 4.78 is 9.56. The highest BCUT2D eigenvalue weighted by Gasteiger charge is 2.15. The van der Waals surface area contributed by atoms with Crippen molar-refractivity contribution in [1.82, 2.24) is 9.36 Å². The van der Waals surface area contributed by atoms with Crippen molar-refractivity contribution in [3.8, 4) is 0 Å². The van der Waals surface area contributed by atoms with Crippen molar-refractivity contribution in [2.45, 2.75) is 25.9 Å². The van der Waals surface area contributed by atoms with Crippen LogP contribution in [0.15, 0.2) is 0 Å². The Morgan fingerprint density at radius 2 is 2.62 bits per heavy atom. The molecule has 0 spiro atoms. The fraction of sp³-hybridized carbons (Fsp3) is 0.750. The second kappa shape index (κ2) is 4.02. The Balaban J connectivity index is 1.78. The van der Waals surface area contributed by atoms with Crippen LogP contribution in [-0.2, 0) is 4.74 Å². The van der Waals surface area contributed by atoms with Gasteiger partial charge in [0.2, 0.25) is 5.13 Å². The predicted octanol–water partition coefficient (Wildman–Crippen LogP) is 1.44. The average molecular weight is 199 g/mol. The minimum Gasteiger partial charge on any atom is -0.376 e. The SMILES string of the molecule is Cc1nsc(NCC2CCCO2)n1. The monoisotopic (exact) mass is 199 g/mol. The smallest absolute Gasteiger partial charge is 0.202 e. The summed E-state index contributed by atoms with van der Waals surface area (Å²) in [4.78, 5) is 4.21.